The van der Waals surface area contributed by atoms with Crippen molar-refractivity contribution in [1.29, 1.82) is 0 Å². The van der Waals surface area contributed by atoms with Gasteiger partial charge in [0.25, 0.3) is 0 Å². The number of hydrogen-bond acceptors (Lipinski definition) is 3. The van der Waals surface area contributed by atoms with Gasteiger partial charge in [0.15, 0.2) is 0 Å². The third-order valence-electron chi connectivity index (χ3n) is 3.75. The summed E-state index contributed by atoms with van der Waals surface area (Å²) < 4.78 is 0. The minimum absolute atomic E-state index is 0.798. The maximum atomic E-state index is 9.30. The largest absolute Gasteiger partial charge is 0.411 e. The maximum Gasteiger partial charge on any atom is 0.0840 e. The lowest BCUT2D eigenvalue weighted by atomic mass is 9.99. The van der Waals surface area contributed by atoms with Gasteiger partial charge < -0.3 is 5.21 Å². The number of oxime groups is 1. The summed E-state index contributed by atoms with van der Waals surface area (Å²) >= 11 is 0. The van der Waals surface area contributed by atoms with E-state index >= 15 is 0 Å². The normalized spacial score (nSPS) is 17.1. The molecule has 1 N–H and O–H groups in total. The first kappa shape index (κ1) is 14.8. The van der Waals surface area contributed by atoms with Gasteiger partial charge in [-0.1, -0.05) is 48.5 Å². The molecule has 0 radical (unpaired) electrons. The highest BCUT2D eigenvalue weighted by molar-refractivity contribution is 6.00. The summed E-state index contributed by atoms with van der Waals surface area (Å²) in [6.45, 7) is 5.36. The molecule has 1 heterocycles. The van der Waals surface area contributed by atoms with Crippen LogP contribution in [0, 0.1) is 0 Å². The van der Waals surface area contributed by atoms with E-state index < -0.39 is 0 Å². The Labute approximate surface area is 121 Å². The summed E-state index contributed by atoms with van der Waals surface area (Å²) in [6.07, 6.45) is 6.17. The highest BCUT2D eigenvalue weighted by Gasteiger charge is 2.16. The van der Waals surface area contributed by atoms with Gasteiger partial charge in [-0.25, -0.2) is 0 Å². The summed E-state index contributed by atoms with van der Waals surface area (Å²) in [7, 11) is 0. The van der Waals surface area contributed by atoms with Crippen LogP contribution in [0.15, 0.2) is 47.1 Å². The van der Waals surface area contributed by atoms with E-state index in [1.165, 1.54) is 17.6 Å². The van der Waals surface area contributed by atoms with Crippen LogP contribution < -0.4 is 0 Å². The van der Waals surface area contributed by atoms with Gasteiger partial charge in [-0.15, -0.1) is 0 Å². The zero-order valence-corrected chi connectivity index (χ0v) is 12.3. The third kappa shape index (κ3) is 4.20. The number of aryl methyl sites for hydroxylation is 1. The van der Waals surface area contributed by atoms with E-state index in [4.69, 9.17) is 0 Å². The van der Waals surface area contributed by atoms with Crippen LogP contribution in [0.3, 0.4) is 0 Å². The molecule has 2 rings (SSSR count). The summed E-state index contributed by atoms with van der Waals surface area (Å²) in [4.78, 5) is 2.43. The van der Waals surface area contributed by atoms with Crippen LogP contribution in [0.25, 0.3) is 0 Å². The van der Waals surface area contributed by atoms with Crippen LogP contribution in [0.4, 0.5) is 0 Å². The first-order valence-corrected chi connectivity index (χ1v) is 7.50. The van der Waals surface area contributed by atoms with Crippen molar-refractivity contribution in [2.45, 2.75) is 32.6 Å². The molecule has 1 aliphatic heterocycles. The third-order valence-corrected chi connectivity index (χ3v) is 3.75. The smallest absolute Gasteiger partial charge is 0.0840 e. The van der Waals surface area contributed by atoms with Crippen molar-refractivity contribution in [2.75, 3.05) is 19.6 Å². The number of benzene rings is 1. The van der Waals surface area contributed by atoms with Crippen molar-refractivity contribution in [3.8, 4) is 0 Å². The van der Waals surface area contributed by atoms with Gasteiger partial charge in [0.2, 0.25) is 0 Å². The lowest BCUT2D eigenvalue weighted by Gasteiger charge is -2.27. The summed E-state index contributed by atoms with van der Waals surface area (Å²) in [6, 6.07) is 10.4. The van der Waals surface area contributed by atoms with E-state index in [0.29, 0.717) is 0 Å². The van der Waals surface area contributed by atoms with E-state index in [-0.39, 0.29) is 0 Å². The fraction of sp³-hybridized carbons (Fsp3) is 0.471. The Morgan fingerprint density at radius 3 is 2.80 bits per heavy atom. The molecule has 20 heavy (non-hydrogen) atoms. The van der Waals surface area contributed by atoms with Gasteiger partial charge in [-0.3, -0.25) is 4.90 Å². The van der Waals surface area contributed by atoms with E-state index in [0.717, 1.165) is 44.6 Å². The topological polar surface area (TPSA) is 35.8 Å². The molecule has 0 saturated carbocycles. The molecular formula is C17H24N2O. The molecule has 108 valence electrons. The molecule has 0 aliphatic carbocycles. The molecule has 1 aromatic carbocycles. The fourth-order valence-electron chi connectivity index (χ4n) is 2.70. The molecule has 0 saturated heterocycles. The molecule has 0 fully saturated rings. The van der Waals surface area contributed by atoms with Crippen LogP contribution >= 0.6 is 0 Å². The second kappa shape index (κ2) is 7.85. The van der Waals surface area contributed by atoms with Crippen molar-refractivity contribution in [3.05, 3.63) is 47.5 Å². The maximum absolute atomic E-state index is 9.30. The van der Waals surface area contributed by atoms with Crippen LogP contribution in [0.1, 0.15) is 31.7 Å². The molecule has 0 spiro atoms. The van der Waals surface area contributed by atoms with Gasteiger partial charge in [0.1, 0.15) is 0 Å². The standard InChI is InChI=1S/C17H24N2O/c1-2-12-19-13-6-9-16(14-19)17(18-20)11-10-15-7-4-3-5-8-15/h3-5,7-9,20H,2,6,10-14H2,1H3/b18-17+. The highest BCUT2D eigenvalue weighted by Crippen LogP contribution is 2.15. The van der Waals surface area contributed by atoms with Gasteiger partial charge in [-0.05, 0) is 43.4 Å². The monoisotopic (exact) mass is 272 g/mol. The second-order valence-electron chi connectivity index (χ2n) is 5.33. The molecule has 0 unspecified atom stereocenters. The number of hydrogen-bond donors (Lipinski definition) is 1. The molecular weight excluding hydrogens is 248 g/mol. The predicted molar refractivity (Wildman–Crippen MR) is 83.4 cm³/mol. The van der Waals surface area contributed by atoms with E-state index in [2.05, 4.69) is 35.2 Å². The average Bonchev–Trinajstić information content (AvgIpc) is 2.50. The van der Waals surface area contributed by atoms with Crippen LogP contribution in [0.2, 0.25) is 0 Å². The molecule has 1 aromatic rings. The lowest BCUT2D eigenvalue weighted by Crippen LogP contribution is -2.33. The van der Waals surface area contributed by atoms with Gasteiger partial charge in [0.05, 0.1) is 5.71 Å². The van der Waals surface area contributed by atoms with Crippen molar-refractivity contribution in [2.24, 2.45) is 5.16 Å². The minimum Gasteiger partial charge on any atom is -0.411 e. The second-order valence-corrected chi connectivity index (χ2v) is 5.33. The summed E-state index contributed by atoms with van der Waals surface area (Å²) in [5.41, 5.74) is 3.33. The van der Waals surface area contributed by atoms with Crippen molar-refractivity contribution in [3.63, 3.8) is 0 Å². The van der Waals surface area contributed by atoms with Crippen molar-refractivity contribution in [1.82, 2.24) is 4.90 Å². The van der Waals surface area contributed by atoms with E-state index in [1.807, 2.05) is 18.2 Å². The van der Waals surface area contributed by atoms with Crippen molar-refractivity contribution < 1.29 is 5.21 Å². The zero-order valence-electron chi connectivity index (χ0n) is 12.3. The van der Waals surface area contributed by atoms with Crippen molar-refractivity contribution >= 4 is 5.71 Å². The number of nitrogens with zero attached hydrogens (tertiary/aromatic N) is 2. The molecule has 3 nitrogen and oxygen atoms in total. The Morgan fingerprint density at radius 1 is 1.30 bits per heavy atom. The highest BCUT2D eigenvalue weighted by atomic mass is 16.4. The molecule has 1 aliphatic rings. The minimum atomic E-state index is 0.798. The fourth-order valence-corrected chi connectivity index (χ4v) is 2.70. The van der Waals surface area contributed by atoms with Gasteiger partial charge in [0, 0.05) is 13.1 Å². The summed E-state index contributed by atoms with van der Waals surface area (Å²) in [5, 5.41) is 12.8. The predicted octanol–water partition coefficient (Wildman–Crippen LogP) is 3.49. The Bertz CT molecular complexity index is 465. The van der Waals surface area contributed by atoms with E-state index in [1.54, 1.807) is 0 Å². The molecule has 0 bridgehead atoms. The Hall–Kier alpha value is -1.61. The Morgan fingerprint density at radius 2 is 2.10 bits per heavy atom. The van der Waals surface area contributed by atoms with Crippen LogP contribution in [-0.2, 0) is 6.42 Å². The van der Waals surface area contributed by atoms with Crippen LogP contribution in [0.5, 0.6) is 0 Å². The molecule has 0 atom stereocenters. The first-order chi connectivity index (χ1) is 9.83. The SMILES string of the molecule is CCCN1CCC=C(/C(CCc2ccccc2)=N/O)C1. The Kier molecular flexibility index (Phi) is 5.81. The van der Waals surface area contributed by atoms with Gasteiger partial charge >= 0.3 is 0 Å². The quantitative estimate of drug-likeness (QED) is 0.489. The lowest BCUT2D eigenvalue weighted by molar-refractivity contribution is 0.291. The summed E-state index contributed by atoms with van der Waals surface area (Å²) in [5.74, 6) is 0. The molecule has 0 aromatic heterocycles. The Balaban J connectivity index is 1.93. The van der Waals surface area contributed by atoms with Gasteiger partial charge in [-0.2, -0.15) is 0 Å². The number of rotatable bonds is 6. The molecule has 0 amide bonds. The van der Waals surface area contributed by atoms with E-state index in [9.17, 15) is 5.21 Å². The molecule has 3 heteroatoms. The van der Waals surface area contributed by atoms with Crippen LogP contribution in [-0.4, -0.2) is 35.5 Å². The first-order valence-electron chi connectivity index (χ1n) is 7.50. The average molecular weight is 272 g/mol. The zero-order chi connectivity index (χ0) is 14.2.